The second-order valence-electron chi connectivity index (χ2n) is 3.81. The summed E-state index contributed by atoms with van der Waals surface area (Å²) in [5, 5.41) is -0.946. The highest BCUT2D eigenvalue weighted by Crippen LogP contribution is 2.21. The zero-order chi connectivity index (χ0) is 12.6. The first kappa shape index (κ1) is 13.2. The summed E-state index contributed by atoms with van der Waals surface area (Å²) in [6.07, 6.45) is 0. The van der Waals surface area contributed by atoms with Crippen LogP contribution in [0, 0.1) is 6.92 Å². The van der Waals surface area contributed by atoms with Crippen LogP contribution in [0.15, 0.2) is 29.2 Å². The first-order valence-corrected chi connectivity index (χ1v) is 8.30. The molecule has 0 fully saturated rings. The van der Waals surface area contributed by atoms with E-state index in [9.17, 15) is 16.8 Å². The molecule has 0 N–H and O–H groups in total. The minimum Gasteiger partial charge on any atom is -0.212 e. The van der Waals surface area contributed by atoms with Crippen LogP contribution in [0.25, 0.3) is 0 Å². The molecule has 0 aliphatic heterocycles. The van der Waals surface area contributed by atoms with E-state index >= 15 is 0 Å². The van der Waals surface area contributed by atoms with E-state index in [1.807, 2.05) is 0 Å². The number of benzene rings is 1. The van der Waals surface area contributed by atoms with Crippen molar-refractivity contribution in [3.05, 3.63) is 29.8 Å². The van der Waals surface area contributed by atoms with Crippen molar-refractivity contribution in [3.63, 3.8) is 0 Å². The molecule has 0 spiro atoms. The SMILES string of the molecule is Cc1ccc(S(=O)(=O)S(=O)(=O)C(C)C)cc1. The fourth-order valence-electron chi connectivity index (χ4n) is 1.09. The fourth-order valence-corrected chi connectivity index (χ4v) is 5.00. The lowest BCUT2D eigenvalue weighted by molar-refractivity contribution is 0.577. The van der Waals surface area contributed by atoms with Gasteiger partial charge in [0.05, 0.1) is 10.1 Å². The molecule has 0 aliphatic carbocycles. The predicted molar refractivity (Wildman–Crippen MR) is 62.4 cm³/mol. The van der Waals surface area contributed by atoms with Crippen molar-refractivity contribution in [2.24, 2.45) is 0 Å². The Morgan fingerprint density at radius 3 is 1.75 bits per heavy atom. The van der Waals surface area contributed by atoms with Crippen LogP contribution in [-0.4, -0.2) is 22.1 Å². The van der Waals surface area contributed by atoms with Crippen LogP contribution in [0.1, 0.15) is 19.4 Å². The number of hydrogen-bond donors (Lipinski definition) is 0. The molecule has 0 radical (unpaired) electrons. The summed E-state index contributed by atoms with van der Waals surface area (Å²) >= 11 is 0. The van der Waals surface area contributed by atoms with Crippen LogP contribution in [0.3, 0.4) is 0 Å². The van der Waals surface area contributed by atoms with Crippen molar-refractivity contribution >= 4 is 17.7 Å². The van der Waals surface area contributed by atoms with Crippen LogP contribution in [0.2, 0.25) is 0 Å². The van der Waals surface area contributed by atoms with Gasteiger partial charge in [0, 0.05) is 0 Å². The van der Waals surface area contributed by atoms with Crippen LogP contribution >= 0.6 is 0 Å². The lowest BCUT2D eigenvalue weighted by Crippen LogP contribution is -2.24. The maximum absolute atomic E-state index is 11.8. The van der Waals surface area contributed by atoms with Gasteiger partial charge in [0.15, 0.2) is 0 Å². The average molecular weight is 262 g/mol. The molecule has 4 nitrogen and oxygen atoms in total. The molecule has 0 unspecified atom stereocenters. The Labute approximate surface area is 95.5 Å². The summed E-state index contributed by atoms with van der Waals surface area (Å²) in [6, 6.07) is 5.76. The van der Waals surface area contributed by atoms with E-state index < -0.39 is 23.0 Å². The van der Waals surface area contributed by atoms with E-state index in [-0.39, 0.29) is 4.90 Å². The van der Waals surface area contributed by atoms with Gasteiger partial charge in [-0.05, 0) is 32.9 Å². The molecule has 0 heterocycles. The molecule has 0 saturated heterocycles. The van der Waals surface area contributed by atoms with E-state index in [0.29, 0.717) is 0 Å². The van der Waals surface area contributed by atoms with E-state index in [1.54, 1.807) is 19.1 Å². The van der Waals surface area contributed by atoms with Gasteiger partial charge in [-0.15, -0.1) is 0 Å². The molecular weight excluding hydrogens is 248 g/mol. The van der Waals surface area contributed by atoms with Crippen LogP contribution in [0.5, 0.6) is 0 Å². The standard InChI is InChI=1S/C10H14O4S2/c1-8(2)15(11,12)16(13,14)10-6-4-9(3)5-7-10/h4-8H,1-3H3. The van der Waals surface area contributed by atoms with E-state index in [1.165, 1.54) is 26.0 Å². The quantitative estimate of drug-likeness (QED) is 0.774. The third-order valence-corrected chi connectivity index (χ3v) is 8.38. The third kappa shape index (κ3) is 2.12. The van der Waals surface area contributed by atoms with Crippen molar-refractivity contribution in [1.82, 2.24) is 0 Å². The Morgan fingerprint density at radius 1 is 0.938 bits per heavy atom. The highest BCUT2D eigenvalue weighted by atomic mass is 33.2. The second-order valence-corrected chi connectivity index (χ2v) is 9.83. The van der Waals surface area contributed by atoms with Gasteiger partial charge in [0.25, 0.3) is 17.7 Å². The molecule has 16 heavy (non-hydrogen) atoms. The summed E-state index contributed by atoms with van der Waals surface area (Å²) in [4.78, 5) is -0.174. The number of hydrogen-bond acceptors (Lipinski definition) is 4. The van der Waals surface area contributed by atoms with Crippen LogP contribution in [0.4, 0.5) is 0 Å². The van der Waals surface area contributed by atoms with Gasteiger partial charge in [-0.3, -0.25) is 0 Å². The molecule has 0 atom stereocenters. The lowest BCUT2D eigenvalue weighted by Gasteiger charge is -2.08. The molecule has 90 valence electrons. The first-order chi connectivity index (χ1) is 7.19. The Hall–Kier alpha value is -0.880. The highest BCUT2D eigenvalue weighted by molar-refractivity contribution is 8.67. The van der Waals surface area contributed by atoms with Crippen molar-refractivity contribution in [3.8, 4) is 0 Å². The Bertz CT molecular complexity index is 566. The topological polar surface area (TPSA) is 68.3 Å². The van der Waals surface area contributed by atoms with E-state index in [2.05, 4.69) is 0 Å². The Kier molecular flexibility index (Phi) is 3.44. The molecule has 0 aliphatic rings. The zero-order valence-electron chi connectivity index (χ0n) is 9.34. The second kappa shape index (κ2) is 4.18. The highest BCUT2D eigenvalue weighted by Gasteiger charge is 2.34. The van der Waals surface area contributed by atoms with Gasteiger partial charge in [-0.25, -0.2) is 16.8 Å². The van der Waals surface area contributed by atoms with Gasteiger partial charge >= 0.3 is 0 Å². The summed E-state index contributed by atoms with van der Waals surface area (Å²) in [5.41, 5.74) is 0.876. The van der Waals surface area contributed by atoms with E-state index in [0.717, 1.165) is 5.56 Å². The average Bonchev–Trinajstić information content (AvgIpc) is 2.17. The smallest absolute Gasteiger partial charge is 0.212 e. The molecule has 0 bridgehead atoms. The fraction of sp³-hybridized carbons (Fsp3) is 0.400. The molecule has 0 amide bonds. The van der Waals surface area contributed by atoms with Crippen LogP contribution < -0.4 is 0 Å². The minimum absolute atomic E-state index is 0.174. The summed E-state index contributed by atoms with van der Waals surface area (Å²) in [5.74, 6) is 0. The van der Waals surface area contributed by atoms with Crippen molar-refractivity contribution in [2.75, 3.05) is 0 Å². The molecule has 1 aromatic rings. The number of rotatable bonds is 3. The molecule has 1 rings (SSSR count). The predicted octanol–water partition coefficient (Wildman–Crippen LogP) is 1.51. The third-order valence-electron chi connectivity index (χ3n) is 2.19. The number of aryl methyl sites for hydroxylation is 1. The summed E-state index contributed by atoms with van der Waals surface area (Å²) in [6.45, 7) is 4.50. The zero-order valence-corrected chi connectivity index (χ0v) is 11.0. The Morgan fingerprint density at radius 2 is 1.38 bits per heavy atom. The van der Waals surface area contributed by atoms with Gasteiger partial charge in [-0.2, -0.15) is 0 Å². The lowest BCUT2D eigenvalue weighted by atomic mass is 10.2. The van der Waals surface area contributed by atoms with Gasteiger partial charge in [-0.1, -0.05) is 17.7 Å². The summed E-state index contributed by atoms with van der Waals surface area (Å²) in [7, 11) is -8.45. The van der Waals surface area contributed by atoms with Crippen molar-refractivity contribution in [2.45, 2.75) is 30.9 Å². The maximum atomic E-state index is 11.8. The monoisotopic (exact) mass is 262 g/mol. The first-order valence-electron chi connectivity index (χ1n) is 4.75. The maximum Gasteiger partial charge on any atom is 0.282 e. The normalized spacial score (nSPS) is 13.0. The molecule has 6 heteroatoms. The van der Waals surface area contributed by atoms with Gasteiger partial charge < -0.3 is 0 Å². The van der Waals surface area contributed by atoms with Crippen molar-refractivity contribution in [1.29, 1.82) is 0 Å². The van der Waals surface area contributed by atoms with Gasteiger partial charge in [0.1, 0.15) is 0 Å². The minimum atomic E-state index is -4.28. The van der Waals surface area contributed by atoms with E-state index in [4.69, 9.17) is 0 Å². The molecule has 0 saturated carbocycles. The molecule has 0 aromatic heterocycles. The molecule has 1 aromatic carbocycles. The van der Waals surface area contributed by atoms with Crippen LogP contribution in [-0.2, 0) is 17.7 Å². The largest absolute Gasteiger partial charge is 0.282 e. The van der Waals surface area contributed by atoms with Gasteiger partial charge in [0.2, 0.25) is 0 Å². The van der Waals surface area contributed by atoms with Crippen molar-refractivity contribution < 1.29 is 16.8 Å². The summed E-state index contributed by atoms with van der Waals surface area (Å²) < 4.78 is 46.9. The molecular formula is C10H14O4S2. The Balaban J connectivity index is 3.40.